The molecular weight excluding hydrogens is 315 g/mol. The van der Waals surface area contributed by atoms with Gasteiger partial charge in [0.2, 0.25) is 0 Å². The average Bonchev–Trinajstić information content (AvgIpc) is 3.25. The van der Waals surface area contributed by atoms with E-state index in [0.29, 0.717) is 5.92 Å². The van der Waals surface area contributed by atoms with Gasteiger partial charge in [0.25, 0.3) is 0 Å². The van der Waals surface area contributed by atoms with Crippen LogP contribution in [0.3, 0.4) is 0 Å². The van der Waals surface area contributed by atoms with E-state index in [-0.39, 0.29) is 11.2 Å². The lowest BCUT2D eigenvalue weighted by molar-refractivity contribution is 0.00578. The highest BCUT2D eigenvalue weighted by Crippen LogP contribution is 2.40. The third kappa shape index (κ3) is 2.87. The summed E-state index contributed by atoms with van der Waals surface area (Å²) in [4.78, 5) is 4.53. The molecule has 4 rings (SSSR count). The second kappa shape index (κ2) is 5.61. The van der Waals surface area contributed by atoms with E-state index in [0.717, 1.165) is 22.6 Å². The van der Waals surface area contributed by atoms with Gasteiger partial charge in [-0.1, -0.05) is 6.07 Å². The third-order valence-electron chi connectivity index (χ3n) is 5.61. The Bertz CT molecular complexity index is 780. The molecule has 0 bridgehead atoms. The van der Waals surface area contributed by atoms with Crippen molar-refractivity contribution in [3.8, 4) is 11.4 Å². The van der Waals surface area contributed by atoms with Gasteiger partial charge in [-0.25, -0.2) is 4.98 Å². The zero-order valence-corrected chi connectivity index (χ0v) is 15.6. The minimum Gasteiger partial charge on any atom is -0.495 e. The van der Waals surface area contributed by atoms with Crippen LogP contribution in [0.2, 0.25) is 0 Å². The van der Waals surface area contributed by atoms with Gasteiger partial charge < -0.3 is 18.6 Å². The minimum absolute atomic E-state index is 0.354. The fourth-order valence-corrected chi connectivity index (χ4v) is 3.09. The summed E-state index contributed by atoms with van der Waals surface area (Å²) >= 11 is 0. The first-order valence-electron chi connectivity index (χ1n) is 8.88. The predicted molar refractivity (Wildman–Crippen MR) is 97.8 cm³/mol. The Balaban J connectivity index is 1.64. The molecule has 1 saturated carbocycles. The predicted octanol–water partition coefficient (Wildman–Crippen LogP) is 3.06. The zero-order valence-electron chi connectivity index (χ0n) is 15.6. The normalized spacial score (nSPS) is 21.6. The van der Waals surface area contributed by atoms with Crippen LogP contribution in [0.15, 0.2) is 30.7 Å². The number of hydrogen-bond donors (Lipinski definition) is 0. The van der Waals surface area contributed by atoms with Gasteiger partial charge in [-0.3, -0.25) is 0 Å². The molecule has 1 saturated heterocycles. The standard InChI is InChI=1S/C19H25BN2O3/c1-18(2)19(3,4)25-20(24-18)14-8-9-16(17(10-14)23-5)22-11-15(21-12-22)13-6-7-13/h8-13H,6-7H2,1-5H3. The number of nitrogens with zero attached hydrogens (tertiary/aromatic N) is 2. The van der Waals surface area contributed by atoms with E-state index in [2.05, 4.69) is 38.9 Å². The topological polar surface area (TPSA) is 45.5 Å². The molecule has 6 heteroatoms. The summed E-state index contributed by atoms with van der Waals surface area (Å²) in [6.07, 6.45) is 6.45. The zero-order chi connectivity index (χ0) is 17.8. The van der Waals surface area contributed by atoms with Crippen molar-refractivity contribution in [2.45, 2.75) is 57.7 Å². The lowest BCUT2D eigenvalue weighted by atomic mass is 9.79. The Kier molecular flexibility index (Phi) is 3.74. The maximum Gasteiger partial charge on any atom is 0.494 e. The lowest BCUT2D eigenvalue weighted by Gasteiger charge is -2.32. The van der Waals surface area contributed by atoms with Crippen molar-refractivity contribution in [1.82, 2.24) is 9.55 Å². The van der Waals surface area contributed by atoms with E-state index >= 15 is 0 Å². The number of imidazole rings is 1. The highest BCUT2D eigenvalue weighted by molar-refractivity contribution is 6.62. The van der Waals surface area contributed by atoms with Crippen molar-refractivity contribution < 1.29 is 14.0 Å². The molecule has 25 heavy (non-hydrogen) atoms. The molecule has 1 aliphatic heterocycles. The molecule has 2 aromatic rings. The summed E-state index contributed by atoms with van der Waals surface area (Å²) in [6, 6.07) is 6.07. The molecule has 2 fully saturated rings. The monoisotopic (exact) mass is 340 g/mol. The number of rotatable bonds is 4. The van der Waals surface area contributed by atoms with Crippen molar-refractivity contribution in [2.24, 2.45) is 0 Å². The van der Waals surface area contributed by atoms with E-state index in [1.54, 1.807) is 7.11 Å². The largest absolute Gasteiger partial charge is 0.495 e. The second-order valence-electron chi connectivity index (χ2n) is 8.00. The van der Waals surface area contributed by atoms with Crippen molar-refractivity contribution in [3.63, 3.8) is 0 Å². The van der Waals surface area contributed by atoms with Crippen LogP contribution in [0.5, 0.6) is 5.75 Å². The fourth-order valence-electron chi connectivity index (χ4n) is 3.09. The molecule has 2 heterocycles. The molecule has 0 unspecified atom stereocenters. The van der Waals surface area contributed by atoms with Crippen LogP contribution >= 0.6 is 0 Å². The van der Waals surface area contributed by atoms with Gasteiger partial charge in [0.15, 0.2) is 0 Å². The summed E-state index contributed by atoms with van der Waals surface area (Å²) in [5.41, 5.74) is 2.39. The van der Waals surface area contributed by atoms with Gasteiger partial charge in [0.1, 0.15) is 5.75 Å². The average molecular weight is 340 g/mol. The SMILES string of the molecule is COc1cc(B2OC(C)(C)C(C)(C)O2)ccc1-n1cnc(C2CC2)c1. The molecule has 1 aromatic heterocycles. The Morgan fingerprint density at radius 3 is 2.44 bits per heavy atom. The summed E-state index contributed by atoms with van der Waals surface area (Å²) in [7, 11) is 1.30. The molecule has 5 nitrogen and oxygen atoms in total. The Morgan fingerprint density at radius 1 is 1.16 bits per heavy atom. The van der Waals surface area contributed by atoms with Crippen LogP contribution in [-0.2, 0) is 9.31 Å². The van der Waals surface area contributed by atoms with Gasteiger partial charge in [0.05, 0.1) is 36.0 Å². The van der Waals surface area contributed by atoms with E-state index in [1.807, 2.05) is 29.1 Å². The number of aromatic nitrogens is 2. The molecule has 0 spiro atoms. The molecule has 2 aliphatic rings. The Morgan fingerprint density at radius 2 is 1.84 bits per heavy atom. The van der Waals surface area contributed by atoms with Crippen LogP contribution in [0.1, 0.15) is 52.1 Å². The first-order valence-corrected chi connectivity index (χ1v) is 8.88. The van der Waals surface area contributed by atoms with Gasteiger partial charge in [0, 0.05) is 12.1 Å². The molecular formula is C19H25BN2O3. The van der Waals surface area contributed by atoms with Crippen molar-refractivity contribution in [1.29, 1.82) is 0 Å². The summed E-state index contributed by atoms with van der Waals surface area (Å²) in [5.74, 6) is 1.42. The summed E-state index contributed by atoms with van der Waals surface area (Å²) in [5, 5.41) is 0. The lowest BCUT2D eigenvalue weighted by Crippen LogP contribution is -2.41. The molecule has 0 N–H and O–H groups in total. The second-order valence-corrected chi connectivity index (χ2v) is 8.00. The maximum absolute atomic E-state index is 6.14. The van der Waals surface area contributed by atoms with Crippen molar-refractivity contribution in [2.75, 3.05) is 7.11 Å². The van der Waals surface area contributed by atoms with Crippen LogP contribution in [-0.4, -0.2) is 35.0 Å². The Labute approximate surface area is 149 Å². The van der Waals surface area contributed by atoms with Crippen LogP contribution in [0, 0.1) is 0 Å². The first-order chi connectivity index (χ1) is 11.8. The Hall–Kier alpha value is -1.79. The number of methoxy groups -OCH3 is 1. The van der Waals surface area contributed by atoms with E-state index in [1.165, 1.54) is 12.8 Å². The molecule has 0 radical (unpaired) electrons. The third-order valence-corrected chi connectivity index (χ3v) is 5.61. The maximum atomic E-state index is 6.14. The molecule has 0 atom stereocenters. The minimum atomic E-state index is -0.391. The van der Waals surface area contributed by atoms with Gasteiger partial charge in [-0.2, -0.15) is 0 Å². The van der Waals surface area contributed by atoms with Gasteiger partial charge in [-0.05, 0) is 58.1 Å². The number of benzene rings is 1. The number of hydrogen-bond acceptors (Lipinski definition) is 4. The first kappa shape index (κ1) is 16.7. The summed E-state index contributed by atoms with van der Waals surface area (Å²) < 4.78 is 19.9. The smallest absolute Gasteiger partial charge is 0.494 e. The quantitative estimate of drug-likeness (QED) is 0.803. The van der Waals surface area contributed by atoms with Crippen molar-refractivity contribution >= 4 is 12.6 Å². The van der Waals surface area contributed by atoms with Crippen LogP contribution in [0.25, 0.3) is 5.69 Å². The van der Waals surface area contributed by atoms with Gasteiger partial charge in [-0.15, -0.1) is 0 Å². The van der Waals surface area contributed by atoms with E-state index in [9.17, 15) is 0 Å². The van der Waals surface area contributed by atoms with Crippen molar-refractivity contribution in [3.05, 3.63) is 36.4 Å². The summed E-state index contributed by atoms with van der Waals surface area (Å²) in [6.45, 7) is 8.24. The highest BCUT2D eigenvalue weighted by atomic mass is 16.7. The fraction of sp³-hybridized carbons (Fsp3) is 0.526. The van der Waals surface area contributed by atoms with E-state index in [4.69, 9.17) is 14.0 Å². The molecule has 0 amide bonds. The molecule has 1 aromatic carbocycles. The van der Waals surface area contributed by atoms with Gasteiger partial charge >= 0.3 is 7.12 Å². The van der Waals surface area contributed by atoms with Crippen LogP contribution < -0.4 is 10.2 Å². The molecule has 132 valence electrons. The highest BCUT2D eigenvalue weighted by Gasteiger charge is 2.51. The molecule has 1 aliphatic carbocycles. The van der Waals surface area contributed by atoms with Crippen LogP contribution in [0.4, 0.5) is 0 Å². The number of ether oxygens (including phenoxy) is 1. The van der Waals surface area contributed by atoms with E-state index < -0.39 is 7.12 Å².